The molecule has 0 aliphatic heterocycles. The lowest BCUT2D eigenvalue weighted by Crippen LogP contribution is -2.04. The Hall–Kier alpha value is -3.06. The molecule has 0 amide bonds. The average Bonchev–Trinajstić information content (AvgIpc) is 3.02. The van der Waals surface area contributed by atoms with E-state index in [0.29, 0.717) is 17.8 Å². The first-order chi connectivity index (χ1) is 12.5. The van der Waals surface area contributed by atoms with Crippen LogP contribution in [0.2, 0.25) is 0 Å². The van der Waals surface area contributed by atoms with Gasteiger partial charge in [0.1, 0.15) is 0 Å². The number of carboxylic acids is 1. The van der Waals surface area contributed by atoms with E-state index in [1.54, 1.807) is 31.8 Å². The van der Waals surface area contributed by atoms with Crippen molar-refractivity contribution in [3.8, 4) is 11.1 Å². The lowest BCUT2D eigenvalue weighted by Gasteiger charge is -2.14. The summed E-state index contributed by atoms with van der Waals surface area (Å²) in [6.07, 6.45) is 7.97. The average molecular weight is 352 g/mol. The van der Waals surface area contributed by atoms with Crippen LogP contribution in [0.15, 0.2) is 30.7 Å². The summed E-state index contributed by atoms with van der Waals surface area (Å²) in [5, 5.41) is 14.4. The molecule has 7 heteroatoms. The van der Waals surface area contributed by atoms with E-state index in [2.05, 4.69) is 10.1 Å². The first kappa shape index (κ1) is 17.8. The third-order valence-electron chi connectivity index (χ3n) is 4.04. The van der Waals surface area contributed by atoms with Crippen molar-refractivity contribution < 1.29 is 14.6 Å². The molecule has 3 aromatic rings. The first-order valence-electron chi connectivity index (χ1n) is 8.25. The molecule has 0 saturated carbocycles. The number of hydrogen-bond acceptors (Lipinski definition) is 5. The topological polar surface area (TPSA) is 90.1 Å². The molecule has 0 unspecified atom stereocenters. The molecule has 0 fully saturated rings. The molecule has 0 radical (unpaired) electrons. The van der Waals surface area contributed by atoms with Crippen molar-refractivity contribution >= 4 is 23.1 Å². The van der Waals surface area contributed by atoms with E-state index in [-0.39, 0.29) is 6.61 Å². The molecule has 3 rings (SSSR count). The Labute approximate surface area is 151 Å². The number of fused-ring (bicyclic) bond motifs is 1. The van der Waals surface area contributed by atoms with Crippen LogP contribution >= 0.6 is 0 Å². The molecule has 3 aromatic heterocycles. The number of aromatic nitrogens is 4. The lowest BCUT2D eigenvalue weighted by molar-refractivity contribution is -0.131. The zero-order valence-electron chi connectivity index (χ0n) is 14.9. The smallest absolute Gasteiger partial charge is 0.328 e. The van der Waals surface area contributed by atoms with Gasteiger partial charge in [-0.3, -0.25) is 4.98 Å². The van der Waals surface area contributed by atoms with Crippen LogP contribution in [0.5, 0.6) is 0 Å². The van der Waals surface area contributed by atoms with Crippen LogP contribution in [-0.4, -0.2) is 37.9 Å². The fraction of sp³-hybridized carbons (Fsp3) is 0.263. The molecule has 0 aliphatic carbocycles. The van der Waals surface area contributed by atoms with Gasteiger partial charge in [0, 0.05) is 54.2 Å². The van der Waals surface area contributed by atoms with Crippen LogP contribution in [-0.2, 0) is 22.7 Å². The van der Waals surface area contributed by atoms with Gasteiger partial charge in [-0.1, -0.05) is 0 Å². The van der Waals surface area contributed by atoms with Gasteiger partial charge in [0.2, 0.25) is 0 Å². The molecular formula is C19H20N4O3. The second kappa shape index (κ2) is 7.45. The second-order valence-electron chi connectivity index (χ2n) is 5.90. The molecule has 7 nitrogen and oxygen atoms in total. The van der Waals surface area contributed by atoms with Gasteiger partial charge in [0.25, 0.3) is 0 Å². The van der Waals surface area contributed by atoms with Crippen LogP contribution in [0.1, 0.15) is 23.7 Å². The predicted molar refractivity (Wildman–Crippen MR) is 98.6 cm³/mol. The van der Waals surface area contributed by atoms with Crippen LogP contribution in [0, 0.1) is 6.92 Å². The summed E-state index contributed by atoms with van der Waals surface area (Å²) in [4.78, 5) is 20.1. The van der Waals surface area contributed by atoms with Crippen molar-refractivity contribution in [2.45, 2.75) is 27.0 Å². The molecular weight excluding hydrogens is 332 g/mol. The first-order valence-corrected chi connectivity index (χ1v) is 8.25. The van der Waals surface area contributed by atoms with Gasteiger partial charge in [-0.2, -0.15) is 5.10 Å². The monoisotopic (exact) mass is 352 g/mol. The molecule has 0 spiro atoms. The minimum atomic E-state index is -1.02. The summed E-state index contributed by atoms with van der Waals surface area (Å²) < 4.78 is 7.11. The highest BCUT2D eigenvalue weighted by Gasteiger charge is 2.18. The SMILES string of the molecule is CCn1ncc2c(-c3cncc(C)c3)c(C=CC(=O)O)c(COC)nc21. The highest BCUT2D eigenvalue weighted by atomic mass is 16.5. The second-order valence-corrected chi connectivity index (χ2v) is 5.90. The summed E-state index contributed by atoms with van der Waals surface area (Å²) in [5.74, 6) is -1.02. The number of ether oxygens (including phenoxy) is 1. The third-order valence-corrected chi connectivity index (χ3v) is 4.04. The normalized spacial score (nSPS) is 11.5. The van der Waals surface area contributed by atoms with Crippen molar-refractivity contribution in [3.63, 3.8) is 0 Å². The van der Waals surface area contributed by atoms with Gasteiger partial charge in [0.15, 0.2) is 5.65 Å². The quantitative estimate of drug-likeness (QED) is 0.686. The summed E-state index contributed by atoms with van der Waals surface area (Å²) in [5.41, 5.74) is 4.85. The maximum absolute atomic E-state index is 11.1. The summed E-state index contributed by atoms with van der Waals surface area (Å²) >= 11 is 0. The maximum atomic E-state index is 11.1. The largest absolute Gasteiger partial charge is 0.478 e. The van der Waals surface area contributed by atoms with Crippen molar-refractivity contribution in [1.82, 2.24) is 19.7 Å². The number of pyridine rings is 2. The number of hydrogen-bond donors (Lipinski definition) is 1. The number of carboxylic acid groups (broad SMARTS) is 1. The molecule has 0 aromatic carbocycles. The van der Waals surface area contributed by atoms with Crippen LogP contribution in [0.25, 0.3) is 28.2 Å². The van der Waals surface area contributed by atoms with E-state index in [9.17, 15) is 4.79 Å². The van der Waals surface area contributed by atoms with Crippen LogP contribution in [0.3, 0.4) is 0 Å². The Morgan fingerprint density at radius 1 is 1.35 bits per heavy atom. The van der Waals surface area contributed by atoms with Crippen molar-refractivity contribution in [2.75, 3.05) is 7.11 Å². The molecule has 0 bridgehead atoms. The Morgan fingerprint density at radius 2 is 2.15 bits per heavy atom. The van der Waals surface area contributed by atoms with Crippen molar-refractivity contribution in [2.24, 2.45) is 0 Å². The molecule has 1 N–H and O–H groups in total. The molecule has 26 heavy (non-hydrogen) atoms. The highest BCUT2D eigenvalue weighted by Crippen LogP contribution is 2.34. The number of aliphatic carboxylic acids is 1. The molecule has 3 heterocycles. The van der Waals surface area contributed by atoms with E-state index >= 15 is 0 Å². The zero-order valence-corrected chi connectivity index (χ0v) is 14.9. The number of aryl methyl sites for hydroxylation is 2. The number of nitrogens with zero attached hydrogens (tertiary/aromatic N) is 4. The van der Waals surface area contributed by atoms with E-state index in [1.165, 1.54) is 0 Å². The van der Waals surface area contributed by atoms with E-state index in [4.69, 9.17) is 14.8 Å². The summed E-state index contributed by atoms with van der Waals surface area (Å²) in [6.45, 7) is 4.90. The van der Waals surface area contributed by atoms with E-state index < -0.39 is 5.97 Å². The molecule has 0 saturated heterocycles. The third kappa shape index (κ3) is 3.34. The van der Waals surface area contributed by atoms with Gasteiger partial charge < -0.3 is 9.84 Å². The highest BCUT2D eigenvalue weighted by molar-refractivity contribution is 5.99. The van der Waals surface area contributed by atoms with E-state index in [0.717, 1.165) is 33.8 Å². The fourth-order valence-electron chi connectivity index (χ4n) is 2.97. The van der Waals surface area contributed by atoms with E-state index in [1.807, 2.05) is 24.6 Å². The lowest BCUT2D eigenvalue weighted by atomic mass is 9.96. The van der Waals surface area contributed by atoms with Gasteiger partial charge in [-0.05, 0) is 31.6 Å². The van der Waals surface area contributed by atoms with Gasteiger partial charge in [-0.15, -0.1) is 0 Å². The zero-order chi connectivity index (χ0) is 18.7. The summed E-state index contributed by atoms with van der Waals surface area (Å²) in [6, 6.07) is 2.01. The molecule has 0 aliphatic rings. The minimum Gasteiger partial charge on any atom is -0.478 e. The van der Waals surface area contributed by atoms with Gasteiger partial charge in [-0.25, -0.2) is 14.5 Å². The Balaban J connectivity index is 2.40. The van der Waals surface area contributed by atoms with Gasteiger partial charge in [0.05, 0.1) is 18.5 Å². The van der Waals surface area contributed by atoms with Crippen molar-refractivity contribution in [1.29, 1.82) is 0 Å². The minimum absolute atomic E-state index is 0.260. The number of methoxy groups -OCH3 is 1. The van der Waals surface area contributed by atoms with Crippen molar-refractivity contribution in [3.05, 3.63) is 47.6 Å². The predicted octanol–water partition coefficient (Wildman–Crippen LogP) is 3.07. The van der Waals surface area contributed by atoms with Crippen LogP contribution < -0.4 is 0 Å². The number of rotatable bonds is 6. The molecule has 0 atom stereocenters. The van der Waals surface area contributed by atoms with Crippen LogP contribution in [0.4, 0.5) is 0 Å². The fourth-order valence-corrected chi connectivity index (χ4v) is 2.97. The standard InChI is InChI=1S/C19H20N4O3/c1-4-23-19-15(10-21-23)18(13-7-12(2)8-20-9-13)14(5-6-17(24)25)16(22-19)11-26-3/h5-10H,4,11H2,1-3H3,(H,24,25). The number of carbonyl (C=O) groups is 1. The summed E-state index contributed by atoms with van der Waals surface area (Å²) in [7, 11) is 1.58. The van der Waals surface area contributed by atoms with Gasteiger partial charge >= 0.3 is 5.97 Å². The Kier molecular flexibility index (Phi) is 5.09. The Morgan fingerprint density at radius 3 is 2.81 bits per heavy atom. The maximum Gasteiger partial charge on any atom is 0.328 e. The Bertz CT molecular complexity index is 992. The molecule has 134 valence electrons.